The number of amides is 1. The monoisotopic (exact) mass is 456 g/mol. The number of thioether (sulfide) groups is 1. The minimum Gasteiger partial charge on any atom is -0.325 e. The standard InChI is InChI=1S/C20H20ClF3N4OS/c1-4-11(2)14-7-5-6-8-16(14)25-18(29)12(3)30-19-27-26-17-15(21)9-13(10-28(17)19)20(22,23)24/h5-12H,4H2,1-3H3,(H,25,29). The van der Waals surface area contributed by atoms with Gasteiger partial charge in [0.25, 0.3) is 0 Å². The third kappa shape index (κ3) is 4.73. The Labute approximate surface area is 181 Å². The fraction of sp³-hybridized carbons (Fsp3) is 0.350. The van der Waals surface area contributed by atoms with Gasteiger partial charge in [-0.15, -0.1) is 10.2 Å². The third-order valence-corrected chi connectivity index (χ3v) is 6.10. The summed E-state index contributed by atoms with van der Waals surface area (Å²) in [5.74, 6) is -0.0154. The number of carbonyl (C=O) groups excluding carboxylic acids is 1. The summed E-state index contributed by atoms with van der Waals surface area (Å²) in [6.45, 7) is 5.80. The van der Waals surface area contributed by atoms with Crippen molar-refractivity contribution in [2.75, 3.05) is 5.32 Å². The first kappa shape index (κ1) is 22.4. The van der Waals surface area contributed by atoms with E-state index in [1.807, 2.05) is 24.3 Å². The molecule has 30 heavy (non-hydrogen) atoms. The van der Waals surface area contributed by atoms with E-state index in [1.165, 1.54) is 0 Å². The van der Waals surface area contributed by atoms with Crippen LogP contribution in [0.5, 0.6) is 0 Å². The molecule has 0 fully saturated rings. The van der Waals surface area contributed by atoms with E-state index in [0.717, 1.165) is 46.1 Å². The lowest BCUT2D eigenvalue weighted by Gasteiger charge is -2.17. The molecule has 0 aliphatic carbocycles. The zero-order chi connectivity index (χ0) is 22.1. The van der Waals surface area contributed by atoms with E-state index in [2.05, 4.69) is 29.4 Å². The van der Waals surface area contributed by atoms with Crippen LogP contribution < -0.4 is 5.32 Å². The van der Waals surface area contributed by atoms with Crippen molar-refractivity contribution in [2.45, 2.75) is 49.7 Å². The molecule has 2 unspecified atom stereocenters. The van der Waals surface area contributed by atoms with Crippen LogP contribution in [-0.4, -0.2) is 25.8 Å². The zero-order valence-corrected chi connectivity index (χ0v) is 18.1. The number of nitrogens with zero attached hydrogens (tertiary/aromatic N) is 3. The van der Waals surface area contributed by atoms with Crippen LogP contribution >= 0.6 is 23.4 Å². The Morgan fingerprint density at radius 3 is 2.63 bits per heavy atom. The molecular weight excluding hydrogens is 437 g/mol. The van der Waals surface area contributed by atoms with Crippen LogP contribution in [0, 0.1) is 0 Å². The number of carbonyl (C=O) groups is 1. The average Bonchev–Trinajstić information content (AvgIpc) is 3.10. The Balaban J connectivity index is 1.83. The van der Waals surface area contributed by atoms with Gasteiger partial charge >= 0.3 is 6.18 Å². The molecule has 0 spiro atoms. The maximum atomic E-state index is 13.1. The minimum absolute atomic E-state index is 0.0990. The first-order valence-electron chi connectivity index (χ1n) is 9.29. The molecule has 3 aromatic rings. The van der Waals surface area contributed by atoms with Crippen LogP contribution in [0.1, 0.15) is 44.2 Å². The van der Waals surface area contributed by atoms with Gasteiger partial charge in [0.1, 0.15) is 0 Å². The summed E-state index contributed by atoms with van der Waals surface area (Å²) in [6, 6.07) is 8.36. The normalized spacial score (nSPS) is 14.0. The molecule has 0 saturated carbocycles. The Bertz CT molecular complexity index is 1070. The molecule has 0 radical (unpaired) electrons. The zero-order valence-electron chi connectivity index (χ0n) is 16.5. The van der Waals surface area contributed by atoms with E-state index in [0.29, 0.717) is 0 Å². The number of alkyl halides is 3. The number of anilines is 1. The number of halogens is 4. The second kappa shape index (κ2) is 8.85. The highest BCUT2D eigenvalue weighted by molar-refractivity contribution is 8.00. The quantitative estimate of drug-likeness (QED) is 0.460. The number of benzene rings is 1. The van der Waals surface area contributed by atoms with Crippen molar-refractivity contribution in [3.05, 3.63) is 52.7 Å². The molecule has 0 aliphatic heterocycles. The number of pyridine rings is 1. The third-order valence-electron chi connectivity index (χ3n) is 4.77. The summed E-state index contributed by atoms with van der Waals surface area (Å²) < 4.78 is 40.5. The van der Waals surface area contributed by atoms with Crippen LogP contribution in [0.2, 0.25) is 5.02 Å². The Morgan fingerprint density at radius 2 is 1.97 bits per heavy atom. The van der Waals surface area contributed by atoms with Gasteiger partial charge < -0.3 is 5.32 Å². The van der Waals surface area contributed by atoms with Gasteiger partial charge in [0, 0.05) is 11.9 Å². The van der Waals surface area contributed by atoms with E-state index in [9.17, 15) is 18.0 Å². The van der Waals surface area contributed by atoms with Crippen LogP contribution in [0.4, 0.5) is 18.9 Å². The first-order valence-corrected chi connectivity index (χ1v) is 10.6. The van der Waals surface area contributed by atoms with Gasteiger partial charge in [-0.2, -0.15) is 13.2 Å². The molecule has 0 bridgehead atoms. The second-order valence-electron chi connectivity index (χ2n) is 6.90. The minimum atomic E-state index is -4.56. The largest absolute Gasteiger partial charge is 0.417 e. The van der Waals surface area contributed by atoms with Crippen LogP contribution in [0.25, 0.3) is 5.65 Å². The van der Waals surface area contributed by atoms with Crippen molar-refractivity contribution in [3.8, 4) is 0 Å². The predicted octanol–water partition coefficient (Wildman–Crippen LogP) is 6.03. The number of hydrogen-bond acceptors (Lipinski definition) is 4. The molecule has 1 N–H and O–H groups in total. The molecule has 0 aliphatic rings. The Hall–Kier alpha value is -2.26. The number of fused-ring (bicyclic) bond motifs is 1. The van der Waals surface area contributed by atoms with Gasteiger partial charge in [0.2, 0.25) is 5.91 Å². The maximum absolute atomic E-state index is 13.1. The summed E-state index contributed by atoms with van der Waals surface area (Å²) in [7, 11) is 0. The summed E-state index contributed by atoms with van der Waals surface area (Å²) in [5, 5.41) is 10.0. The number of rotatable bonds is 6. The van der Waals surface area contributed by atoms with E-state index >= 15 is 0 Å². The molecule has 1 aromatic carbocycles. The number of hydrogen-bond donors (Lipinski definition) is 1. The molecule has 0 saturated heterocycles. The second-order valence-corrected chi connectivity index (χ2v) is 8.61. The van der Waals surface area contributed by atoms with E-state index in [1.54, 1.807) is 6.92 Å². The van der Waals surface area contributed by atoms with E-state index < -0.39 is 17.0 Å². The van der Waals surface area contributed by atoms with Crippen molar-refractivity contribution in [3.63, 3.8) is 0 Å². The molecule has 1 amide bonds. The van der Waals surface area contributed by atoms with Gasteiger partial charge in [-0.05, 0) is 37.0 Å². The van der Waals surface area contributed by atoms with Crippen molar-refractivity contribution < 1.29 is 18.0 Å². The van der Waals surface area contributed by atoms with Gasteiger partial charge in [0.05, 0.1) is 15.8 Å². The van der Waals surface area contributed by atoms with Gasteiger partial charge in [0.15, 0.2) is 10.8 Å². The molecule has 2 aromatic heterocycles. The molecular formula is C20H20ClF3N4OS. The predicted molar refractivity (Wildman–Crippen MR) is 112 cm³/mol. The highest BCUT2D eigenvalue weighted by Gasteiger charge is 2.32. The molecule has 3 rings (SSSR count). The highest BCUT2D eigenvalue weighted by Crippen LogP contribution is 2.34. The lowest BCUT2D eigenvalue weighted by Crippen LogP contribution is -2.23. The van der Waals surface area contributed by atoms with E-state index in [-0.39, 0.29) is 27.7 Å². The lowest BCUT2D eigenvalue weighted by molar-refractivity contribution is -0.137. The maximum Gasteiger partial charge on any atom is 0.417 e. The van der Waals surface area contributed by atoms with Crippen molar-refractivity contribution in [1.29, 1.82) is 0 Å². The summed E-state index contributed by atoms with van der Waals surface area (Å²) in [6.07, 6.45) is -2.76. The topological polar surface area (TPSA) is 59.3 Å². The fourth-order valence-electron chi connectivity index (χ4n) is 2.88. The number of aromatic nitrogens is 3. The van der Waals surface area contributed by atoms with Crippen molar-refractivity contribution >= 4 is 40.6 Å². The average molecular weight is 457 g/mol. The molecule has 2 heterocycles. The Morgan fingerprint density at radius 1 is 1.27 bits per heavy atom. The number of nitrogens with one attached hydrogen (secondary N) is 1. The molecule has 2 atom stereocenters. The Kier molecular flexibility index (Phi) is 6.62. The summed E-state index contributed by atoms with van der Waals surface area (Å²) in [5.41, 5.74) is 0.931. The first-order chi connectivity index (χ1) is 14.1. The van der Waals surface area contributed by atoms with Crippen molar-refractivity contribution in [2.24, 2.45) is 0 Å². The molecule has 160 valence electrons. The lowest BCUT2D eigenvalue weighted by atomic mass is 9.97. The number of para-hydroxylation sites is 1. The smallest absolute Gasteiger partial charge is 0.325 e. The highest BCUT2D eigenvalue weighted by atomic mass is 35.5. The van der Waals surface area contributed by atoms with Crippen LogP contribution in [0.3, 0.4) is 0 Å². The SMILES string of the molecule is CCC(C)c1ccccc1NC(=O)C(C)Sc1nnc2c(Cl)cc(C(F)(F)F)cn12. The molecule has 10 heteroatoms. The fourth-order valence-corrected chi connectivity index (χ4v) is 3.94. The van der Waals surface area contributed by atoms with Gasteiger partial charge in [-0.1, -0.05) is 55.4 Å². The summed E-state index contributed by atoms with van der Waals surface area (Å²) in [4.78, 5) is 12.7. The van der Waals surface area contributed by atoms with Gasteiger partial charge in [-0.3, -0.25) is 9.20 Å². The molecule has 5 nitrogen and oxygen atoms in total. The van der Waals surface area contributed by atoms with E-state index in [4.69, 9.17) is 11.6 Å². The summed E-state index contributed by atoms with van der Waals surface area (Å²) >= 11 is 6.94. The van der Waals surface area contributed by atoms with Gasteiger partial charge in [-0.25, -0.2) is 0 Å². The van der Waals surface area contributed by atoms with Crippen LogP contribution in [0.15, 0.2) is 41.7 Å². The van der Waals surface area contributed by atoms with Crippen molar-refractivity contribution in [1.82, 2.24) is 14.6 Å². The van der Waals surface area contributed by atoms with Crippen LogP contribution in [-0.2, 0) is 11.0 Å².